The molecular weight excluding hydrogens is 354 g/mol. The van der Waals surface area contributed by atoms with E-state index in [-0.39, 0.29) is 5.75 Å². The number of methoxy groups -OCH3 is 1. The van der Waals surface area contributed by atoms with Crippen molar-refractivity contribution >= 4 is 28.5 Å². The molecule has 4 rings (SSSR count). The van der Waals surface area contributed by atoms with Crippen LogP contribution in [0.1, 0.15) is 45.6 Å². The average molecular weight is 374 g/mol. The highest BCUT2D eigenvalue weighted by Gasteiger charge is 2.24. The number of carbonyl (C=O) groups is 1. The lowest BCUT2D eigenvalue weighted by Crippen LogP contribution is -2.13. The van der Waals surface area contributed by atoms with Crippen LogP contribution < -0.4 is 9.84 Å². The number of allylic oxidation sites excluding steroid dienone is 1. The van der Waals surface area contributed by atoms with Gasteiger partial charge in [-0.15, -0.1) is 0 Å². The Morgan fingerprint density at radius 3 is 2.75 bits per heavy atom. The molecule has 1 N–H and O–H groups in total. The van der Waals surface area contributed by atoms with E-state index in [1.807, 2.05) is 37.3 Å². The number of ether oxygens (including phenoxy) is 1. The maximum atomic E-state index is 12.1. The van der Waals surface area contributed by atoms with Crippen molar-refractivity contribution in [1.29, 1.82) is 0 Å². The van der Waals surface area contributed by atoms with E-state index in [0.717, 1.165) is 40.8 Å². The molecule has 0 aliphatic heterocycles. The SMILES string of the molecule is COc1ccc(/C=C2\CCCc3c2nc2ccc(C)cc2c3C(=O)O)cc1[O-]. The van der Waals surface area contributed by atoms with Crippen molar-refractivity contribution in [2.45, 2.75) is 26.2 Å². The Kier molecular flexibility index (Phi) is 4.51. The van der Waals surface area contributed by atoms with Crippen LogP contribution in [0, 0.1) is 6.92 Å². The van der Waals surface area contributed by atoms with Crippen LogP contribution in [0.5, 0.6) is 11.5 Å². The van der Waals surface area contributed by atoms with Crippen LogP contribution in [0.2, 0.25) is 0 Å². The number of hydrogen-bond acceptors (Lipinski definition) is 4. The maximum absolute atomic E-state index is 12.1. The largest absolute Gasteiger partial charge is 0.870 e. The number of aromatic carboxylic acids is 1. The fourth-order valence-corrected chi connectivity index (χ4v) is 3.87. The highest BCUT2D eigenvalue weighted by molar-refractivity contribution is 6.06. The van der Waals surface area contributed by atoms with Crippen molar-refractivity contribution in [3.63, 3.8) is 0 Å². The number of aromatic nitrogens is 1. The van der Waals surface area contributed by atoms with Crippen LogP contribution in [0.15, 0.2) is 36.4 Å². The summed E-state index contributed by atoms with van der Waals surface area (Å²) in [5.74, 6) is -0.804. The number of benzene rings is 2. The van der Waals surface area contributed by atoms with Gasteiger partial charge < -0.3 is 14.9 Å². The Balaban J connectivity index is 1.92. The van der Waals surface area contributed by atoms with Gasteiger partial charge in [0.25, 0.3) is 0 Å². The molecule has 0 spiro atoms. The van der Waals surface area contributed by atoms with Gasteiger partial charge in [0.2, 0.25) is 0 Å². The summed E-state index contributed by atoms with van der Waals surface area (Å²) in [6.45, 7) is 1.94. The summed E-state index contributed by atoms with van der Waals surface area (Å²) in [4.78, 5) is 16.9. The van der Waals surface area contributed by atoms with Crippen LogP contribution in [0.3, 0.4) is 0 Å². The molecular formula is C23H20NO4-. The van der Waals surface area contributed by atoms with Crippen LogP contribution in [-0.2, 0) is 6.42 Å². The van der Waals surface area contributed by atoms with Gasteiger partial charge in [-0.2, -0.15) is 0 Å². The third kappa shape index (κ3) is 3.09. The van der Waals surface area contributed by atoms with Gasteiger partial charge in [-0.1, -0.05) is 29.5 Å². The average Bonchev–Trinajstić information content (AvgIpc) is 2.66. The lowest BCUT2D eigenvalue weighted by Gasteiger charge is -2.22. The minimum Gasteiger partial charge on any atom is -0.870 e. The topological polar surface area (TPSA) is 82.5 Å². The smallest absolute Gasteiger partial charge is 0.336 e. The molecule has 0 bridgehead atoms. The number of carboxylic acid groups (broad SMARTS) is 1. The lowest BCUT2D eigenvalue weighted by molar-refractivity contribution is -0.270. The van der Waals surface area contributed by atoms with Gasteiger partial charge >= 0.3 is 5.97 Å². The molecule has 3 aromatic rings. The summed E-state index contributed by atoms with van der Waals surface area (Å²) in [6.07, 6.45) is 4.24. The van der Waals surface area contributed by atoms with E-state index >= 15 is 0 Å². The van der Waals surface area contributed by atoms with E-state index in [2.05, 4.69) is 0 Å². The summed E-state index contributed by atoms with van der Waals surface area (Å²) >= 11 is 0. The Morgan fingerprint density at radius 1 is 1.21 bits per heavy atom. The second-order valence-electron chi connectivity index (χ2n) is 7.07. The number of nitrogens with zero attached hydrogens (tertiary/aromatic N) is 1. The highest BCUT2D eigenvalue weighted by atomic mass is 16.5. The Hall–Kier alpha value is -3.34. The molecule has 0 saturated heterocycles. The first-order valence-corrected chi connectivity index (χ1v) is 9.20. The molecule has 28 heavy (non-hydrogen) atoms. The molecule has 5 nitrogen and oxygen atoms in total. The van der Waals surface area contributed by atoms with Gasteiger partial charge in [0.05, 0.1) is 23.9 Å². The number of rotatable bonds is 3. The summed E-state index contributed by atoms with van der Waals surface area (Å²) < 4.78 is 5.04. The van der Waals surface area contributed by atoms with E-state index in [4.69, 9.17) is 9.72 Å². The highest BCUT2D eigenvalue weighted by Crippen LogP contribution is 2.37. The van der Waals surface area contributed by atoms with Crippen molar-refractivity contribution in [3.8, 4) is 11.5 Å². The van der Waals surface area contributed by atoms with Gasteiger partial charge in [0, 0.05) is 5.39 Å². The van der Waals surface area contributed by atoms with Crippen LogP contribution in [0.25, 0.3) is 22.6 Å². The maximum Gasteiger partial charge on any atom is 0.336 e. The number of aryl methyl sites for hydroxylation is 1. The molecule has 142 valence electrons. The third-order valence-corrected chi connectivity index (χ3v) is 5.16. The zero-order chi connectivity index (χ0) is 19.8. The molecule has 1 aromatic heterocycles. The lowest BCUT2D eigenvalue weighted by atomic mass is 9.85. The zero-order valence-corrected chi connectivity index (χ0v) is 15.8. The molecule has 5 heteroatoms. The molecule has 1 aliphatic rings. The predicted molar refractivity (Wildman–Crippen MR) is 107 cm³/mol. The van der Waals surface area contributed by atoms with Crippen LogP contribution >= 0.6 is 0 Å². The number of carboxylic acids is 1. The monoisotopic (exact) mass is 374 g/mol. The Bertz CT molecular complexity index is 1130. The minimum atomic E-state index is -0.929. The zero-order valence-electron chi connectivity index (χ0n) is 15.8. The van der Waals surface area contributed by atoms with E-state index in [0.29, 0.717) is 28.6 Å². The van der Waals surface area contributed by atoms with E-state index in [1.165, 1.54) is 13.2 Å². The van der Waals surface area contributed by atoms with Gasteiger partial charge in [-0.3, -0.25) is 0 Å². The Labute approximate surface area is 162 Å². The molecule has 0 fully saturated rings. The van der Waals surface area contributed by atoms with Crippen molar-refractivity contribution in [3.05, 3.63) is 64.3 Å². The molecule has 1 heterocycles. The van der Waals surface area contributed by atoms with E-state index in [1.54, 1.807) is 6.07 Å². The fraction of sp³-hybridized carbons (Fsp3) is 0.217. The fourth-order valence-electron chi connectivity index (χ4n) is 3.87. The predicted octanol–water partition coefficient (Wildman–Crippen LogP) is 4.20. The normalized spacial score (nSPS) is 14.9. The summed E-state index contributed by atoms with van der Waals surface area (Å²) in [7, 11) is 1.47. The van der Waals surface area contributed by atoms with Gasteiger partial charge in [-0.05, 0) is 67.2 Å². The summed E-state index contributed by atoms with van der Waals surface area (Å²) in [5.41, 5.74) is 5.24. The second-order valence-corrected chi connectivity index (χ2v) is 7.07. The van der Waals surface area contributed by atoms with Crippen molar-refractivity contribution in [2.75, 3.05) is 7.11 Å². The molecule has 0 unspecified atom stereocenters. The van der Waals surface area contributed by atoms with Gasteiger partial charge in [0.1, 0.15) is 5.75 Å². The van der Waals surface area contributed by atoms with Crippen LogP contribution in [-0.4, -0.2) is 23.2 Å². The third-order valence-electron chi connectivity index (χ3n) is 5.16. The molecule has 0 amide bonds. The number of pyridine rings is 1. The standard InChI is InChI=1S/C23H21NO4/c1-13-6-8-18-17(10-13)21(23(26)27)16-5-3-4-15(22(16)24-18)11-14-7-9-20(28-2)19(25)12-14/h6-12,25H,3-5H2,1-2H3,(H,26,27)/p-1/b15-11+. The van der Waals surface area contributed by atoms with Crippen molar-refractivity contribution < 1.29 is 19.7 Å². The van der Waals surface area contributed by atoms with E-state index in [9.17, 15) is 15.0 Å². The van der Waals surface area contributed by atoms with Crippen molar-refractivity contribution in [1.82, 2.24) is 4.98 Å². The Morgan fingerprint density at radius 2 is 2.04 bits per heavy atom. The van der Waals surface area contributed by atoms with Crippen LogP contribution in [0.4, 0.5) is 0 Å². The number of fused-ring (bicyclic) bond motifs is 2. The molecule has 0 saturated carbocycles. The summed E-state index contributed by atoms with van der Waals surface area (Å²) in [5, 5.41) is 22.6. The molecule has 0 radical (unpaired) electrons. The second kappa shape index (κ2) is 7.00. The molecule has 1 aliphatic carbocycles. The van der Waals surface area contributed by atoms with Crippen molar-refractivity contribution in [2.24, 2.45) is 0 Å². The van der Waals surface area contributed by atoms with Gasteiger partial charge in [0.15, 0.2) is 0 Å². The first kappa shape index (κ1) is 18.0. The number of hydrogen-bond donors (Lipinski definition) is 1. The summed E-state index contributed by atoms with van der Waals surface area (Å²) in [6, 6.07) is 10.7. The quantitative estimate of drug-likeness (QED) is 0.743. The first-order chi connectivity index (χ1) is 13.5. The van der Waals surface area contributed by atoms with Gasteiger partial charge in [-0.25, -0.2) is 9.78 Å². The molecule has 0 atom stereocenters. The minimum absolute atomic E-state index is 0.180. The first-order valence-electron chi connectivity index (χ1n) is 9.20. The van der Waals surface area contributed by atoms with E-state index < -0.39 is 5.97 Å². The molecule has 2 aromatic carbocycles.